The summed E-state index contributed by atoms with van der Waals surface area (Å²) < 4.78 is 39.4. The van der Waals surface area contributed by atoms with Crippen molar-refractivity contribution in [1.82, 2.24) is 4.31 Å². The van der Waals surface area contributed by atoms with E-state index in [1.165, 1.54) is 12.1 Å². The van der Waals surface area contributed by atoms with Crippen LogP contribution >= 0.6 is 15.9 Å². The Balaban J connectivity index is 3.24. The summed E-state index contributed by atoms with van der Waals surface area (Å²) in [6, 6.07) is 5.85. The molecule has 0 heterocycles. The second kappa shape index (κ2) is 6.27. The van der Waals surface area contributed by atoms with Gasteiger partial charge in [-0.2, -0.15) is 9.57 Å². The van der Waals surface area contributed by atoms with Crippen LogP contribution in [0.25, 0.3) is 0 Å². The van der Waals surface area contributed by atoms with Crippen molar-refractivity contribution < 1.29 is 12.8 Å². The largest absolute Gasteiger partial charge is 0.247 e. The molecule has 0 N–H and O–H groups in total. The fourth-order valence-corrected chi connectivity index (χ4v) is 4.00. The van der Waals surface area contributed by atoms with Crippen molar-refractivity contribution in [3.63, 3.8) is 0 Å². The molecular weight excluding hydrogens is 323 g/mol. The van der Waals surface area contributed by atoms with Gasteiger partial charge in [0, 0.05) is 24.0 Å². The van der Waals surface area contributed by atoms with Crippen LogP contribution in [-0.2, 0) is 10.0 Å². The van der Waals surface area contributed by atoms with E-state index in [1.807, 2.05) is 6.07 Å². The third kappa shape index (κ3) is 3.07. The minimum Gasteiger partial charge on any atom is -0.207 e. The molecule has 0 saturated carbocycles. The van der Waals surface area contributed by atoms with Crippen molar-refractivity contribution >= 4 is 26.0 Å². The van der Waals surface area contributed by atoms with Gasteiger partial charge in [-0.15, -0.1) is 0 Å². The molecule has 0 saturated heterocycles. The fraction of sp³-hybridized carbons (Fsp3) is 0.364. The summed E-state index contributed by atoms with van der Waals surface area (Å²) in [6.45, 7) is 1.88. The van der Waals surface area contributed by atoms with Crippen LogP contribution in [0, 0.1) is 17.1 Å². The second-order valence-electron chi connectivity index (χ2n) is 3.46. The Morgan fingerprint density at radius 3 is 2.67 bits per heavy atom. The smallest absolute Gasteiger partial charge is 0.207 e. The third-order valence-corrected chi connectivity index (χ3v) is 5.32. The predicted octanol–water partition coefficient (Wildman–Crippen LogP) is 2.51. The maximum absolute atomic E-state index is 13.7. The molecule has 0 aliphatic rings. The third-order valence-electron chi connectivity index (χ3n) is 2.34. The summed E-state index contributed by atoms with van der Waals surface area (Å²) in [6.07, 6.45) is 0.0686. The second-order valence-corrected chi connectivity index (χ2v) is 6.18. The van der Waals surface area contributed by atoms with E-state index in [9.17, 15) is 12.8 Å². The van der Waals surface area contributed by atoms with Gasteiger partial charge < -0.3 is 0 Å². The number of nitriles is 1. The van der Waals surface area contributed by atoms with Gasteiger partial charge in [0.2, 0.25) is 10.0 Å². The summed E-state index contributed by atoms with van der Waals surface area (Å²) >= 11 is 3.04. The zero-order valence-electron chi connectivity index (χ0n) is 9.73. The zero-order chi connectivity index (χ0) is 13.8. The van der Waals surface area contributed by atoms with Crippen LogP contribution in [0.5, 0.6) is 0 Å². The Morgan fingerprint density at radius 2 is 2.17 bits per heavy atom. The molecule has 0 radical (unpaired) electrons. The number of sulfonamides is 1. The lowest BCUT2D eigenvalue weighted by atomic mass is 10.3. The number of nitrogens with zero attached hydrogens (tertiary/aromatic N) is 2. The van der Waals surface area contributed by atoms with E-state index in [0.29, 0.717) is 0 Å². The lowest BCUT2D eigenvalue weighted by molar-refractivity contribution is 0.430. The molecular formula is C11H12BrFN2O2S. The molecule has 0 bridgehead atoms. The van der Waals surface area contributed by atoms with Crippen LogP contribution < -0.4 is 0 Å². The highest BCUT2D eigenvalue weighted by atomic mass is 79.9. The van der Waals surface area contributed by atoms with Crippen molar-refractivity contribution in [3.8, 4) is 6.07 Å². The topological polar surface area (TPSA) is 61.2 Å². The minimum atomic E-state index is -3.92. The maximum Gasteiger partial charge on any atom is 0.247 e. The van der Waals surface area contributed by atoms with Crippen molar-refractivity contribution in [2.24, 2.45) is 0 Å². The van der Waals surface area contributed by atoms with Crippen LogP contribution in [0.4, 0.5) is 4.39 Å². The Labute approximate surface area is 114 Å². The molecule has 0 spiro atoms. The highest BCUT2D eigenvalue weighted by Crippen LogP contribution is 2.27. The van der Waals surface area contributed by atoms with Gasteiger partial charge in [-0.25, -0.2) is 12.8 Å². The first-order chi connectivity index (χ1) is 8.45. The van der Waals surface area contributed by atoms with Gasteiger partial charge in [-0.05, 0) is 28.1 Å². The van der Waals surface area contributed by atoms with E-state index in [4.69, 9.17) is 5.26 Å². The van der Waals surface area contributed by atoms with Crippen molar-refractivity contribution in [2.45, 2.75) is 18.2 Å². The van der Waals surface area contributed by atoms with E-state index in [1.54, 1.807) is 6.92 Å². The van der Waals surface area contributed by atoms with Crippen molar-refractivity contribution in [2.75, 3.05) is 13.1 Å². The summed E-state index contributed by atoms with van der Waals surface area (Å²) in [5, 5.41) is 8.50. The van der Waals surface area contributed by atoms with Crippen LogP contribution in [0.1, 0.15) is 13.3 Å². The predicted molar refractivity (Wildman–Crippen MR) is 68.8 cm³/mol. The quantitative estimate of drug-likeness (QED) is 0.831. The first-order valence-electron chi connectivity index (χ1n) is 5.26. The van der Waals surface area contributed by atoms with Gasteiger partial charge in [0.15, 0.2) is 0 Å². The number of benzene rings is 1. The van der Waals surface area contributed by atoms with Crippen molar-refractivity contribution in [1.29, 1.82) is 5.26 Å². The normalized spacial score (nSPS) is 11.5. The maximum atomic E-state index is 13.7. The molecule has 98 valence electrons. The summed E-state index contributed by atoms with van der Waals surface area (Å²) in [5.74, 6) is -0.806. The van der Waals surface area contributed by atoms with E-state index < -0.39 is 15.8 Å². The molecule has 0 atom stereocenters. The van der Waals surface area contributed by atoms with Crippen LogP contribution in [-0.4, -0.2) is 25.8 Å². The molecule has 0 aliphatic heterocycles. The average Bonchev–Trinajstić information content (AvgIpc) is 2.29. The highest BCUT2D eigenvalue weighted by Gasteiger charge is 2.28. The van der Waals surface area contributed by atoms with Gasteiger partial charge in [-0.1, -0.05) is 13.0 Å². The number of halogens is 2. The van der Waals surface area contributed by atoms with E-state index in [-0.39, 0.29) is 28.9 Å². The molecule has 0 aromatic heterocycles. The number of hydrogen-bond acceptors (Lipinski definition) is 3. The minimum absolute atomic E-state index is 0.0517. The summed E-state index contributed by atoms with van der Waals surface area (Å²) in [4.78, 5) is -0.384. The summed E-state index contributed by atoms with van der Waals surface area (Å²) in [7, 11) is -3.92. The lowest BCUT2D eigenvalue weighted by Gasteiger charge is -2.20. The molecule has 1 rings (SSSR count). The first-order valence-corrected chi connectivity index (χ1v) is 7.49. The Bertz CT molecular complexity index is 549. The Morgan fingerprint density at radius 1 is 1.50 bits per heavy atom. The zero-order valence-corrected chi connectivity index (χ0v) is 12.1. The van der Waals surface area contributed by atoms with Gasteiger partial charge >= 0.3 is 0 Å². The molecule has 0 amide bonds. The average molecular weight is 335 g/mol. The molecule has 18 heavy (non-hydrogen) atoms. The van der Waals surface area contributed by atoms with Gasteiger partial charge in [0.25, 0.3) is 0 Å². The monoisotopic (exact) mass is 334 g/mol. The van der Waals surface area contributed by atoms with Gasteiger partial charge in [0.1, 0.15) is 10.7 Å². The fourth-order valence-electron chi connectivity index (χ4n) is 1.48. The molecule has 0 aliphatic carbocycles. The van der Waals surface area contributed by atoms with E-state index in [2.05, 4.69) is 15.9 Å². The highest BCUT2D eigenvalue weighted by molar-refractivity contribution is 9.10. The standard InChI is InChI=1S/C11H12BrFN2O2S/c1-2-15(8-4-7-14)18(16,17)11-9(12)5-3-6-10(11)13/h3,5-6H,2,4,8H2,1H3. The van der Waals surface area contributed by atoms with Gasteiger partial charge in [-0.3, -0.25) is 0 Å². The first kappa shape index (κ1) is 15.1. The Hall–Kier alpha value is -0.970. The van der Waals surface area contributed by atoms with Gasteiger partial charge in [0.05, 0.1) is 6.07 Å². The molecule has 0 fully saturated rings. The lowest BCUT2D eigenvalue weighted by Crippen LogP contribution is -2.32. The molecule has 7 heteroatoms. The van der Waals surface area contributed by atoms with E-state index >= 15 is 0 Å². The molecule has 0 unspecified atom stereocenters. The molecule has 4 nitrogen and oxygen atoms in total. The Kier molecular flexibility index (Phi) is 5.26. The SMILES string of the molecule is CCN(CCC#N)S(=O)(=O)c1c(F)cccc1Br. The molecule has 1 aromatic rings. The molecule has 1 aromatic carbocycles. The summed E-state index contributed by atoms with van der Waals surface area (Å²) in [5.41, 5.74) is 0. The van der Waals surface area contributed by atoms with Crippen LogP contribution in [0.3, 0.4) is 0 Å². The van der Waals surface area contributed by atoms with Crippen LogP contribution in [0.15, 0.2) is 27.6 Å². The van der Waals surface area contributed by atoms with E-state index in [0.717, 1.165) is 10.4 Å². The van der Waals surface area contributed by atoms with Crippen LogP contribution in [0.2, 0.25) is 0 Å². The van der Waals surface area contributed by atoms with Crippen molar-refractivity contribution in [3.05, 3.63) is 28.5 Å². The number of rotatable bonds is 5. The number of hydrogen-bond donors (Lipinski definition) is 0.